The Bertz CT molecular complexity index is 958. The smallest absolute Gasteiger partial charge is 0.270 e. The Hall–Kier alpha value is -2.86. The second-order valence-corrected chi connectivity index (χ2v) is 6.96. The number of aliphatic hydroxyl groups is 1. The average molecular weight is 364 g/mol. The minimum absolute atomic E-state index is 0.0183. The molecule has 3 heterocycles. The summed E-state index contributed by atoms with van der Waals surface area (Å²) >= 11 is 0. The Morgan fingerprint density at radius 2 is 1.96 bits per heavy atom. The second-order valence-electron chi connectivity index (χ2n) is 6.96. The van der Waals surface area contributed by atoms with Crippen LogP contribution in [0.2, 0.25) is 0 Å². The third-order valence-electron chi connectivity index (χ3n) is 5.24. The van der Waals surface area contributed by atoms with Crippen molar-refractivity contribution in [1.29, 1.82) is 0 Å². The molecule has 6 heteroatoms. The van der Waals surface area contributed by atoms with E-state index in [0.29, 0.717) is 37.4 Å². The van der Waals surface area contributed by atoms with Crippen molar-refractivity contribution in [3.63, 3.8) is 0 Å². The molecule has 6 nitrogen and oxygen atoms in total. The largest absolute Gasteiger partial charge is 0.387 e. The first kappa shape index (κ1) is 17.5. The highest BCUT2D eigenvalue weighted by Gasteiger charge is 2.26. The van der Waals surface area contributed by atoms with E-state index in [4.69, 9.17) is 0 Å². The first-order chi connectivity index (χ1) is 13.1. The van der Waals surface area contributed by atoms with E-state index < -0.39 is 6.10 Å². The standard InChI is InChI=1S/C21H24N4O2/c1-3-20(26)17-13-16-14-24(11-12-25(16)22-17)21(27)19-10-9-18(23(19)2)15-7-5-4-6-8-15/h4-10,13,20,26H,3,11-12,14H2,1-2H3. The molecule has 0 saturated heterocycles. The summed E-state index contributed by atoms with van der Waals surface area (Å²) in [5.74, 6) is 0.0183. The fourth-order valence-electron chi connectivity index (χ4n) is 3.62. The maximum atomic E-state index is 13.1. The summed E-state index contributed by atoms with van der Waals surface area (Å²) in [7, 11) is 1.93. The van der Waals surface area contributed by atoms with Gasteiger partial charge in [-0.25, -0.2) is 0 Å². The summed E-state index contributed by atoms with van der Waals surface area (Å²) in [6.07, 6.45) is 0.0820. The predicted molar refractivity (Wildman–Crippen MR) is 103 cm³/mol. The van der Waals surface area contributed by atoms with E-state index in [2.05, 4.69) is 5.10 Å². The van der Waals surface area contributed by atoms with Gasteiger partial charge in [-0.05, 0) is 30.2 Å². The summed E-state index contributed by atoms with van der Waals surface area (Å²) in [6.45, 7) is 3.70. The highest BCUT2D eigenvalue weighted by Crippen LogP contribution is 2.24. The molecule has 1 unspecified atom stereocenters. The Morgan fingerprint density at radius 3 is 2.70 bits per heavy atom. The van der Waals surface area contributed by atoms with Crippen molar-refractivity contribution in [2.45, 2.75) is 32.5 Å². The molecule has 1 N–H and O–H groups in total. The fraction of sp³-hybridized carbons (Fsp3) is 0.333. The number of nitrogens with zero attached hydrogens (tertiary/aromatic N) is 4. The molecular weight excluding hydrogens is 340 g/mol. The van der Waals surface area contributed by atoms with Crippen LogP contribution in [0, 0.1) is 0 Å². The lowest BCUT2D eigenvalue weighted by Crippen LogP contribution is -2.39. The summed E-state index contributed by atoms with van der Waals surface area (Å²) in [6, 6.07) is 15.9. The number of benzene rings is 1. The zero-order valence-corrected chi connectivity index (χ0v) is 15.7. The van der Waals surface area contributed by atoms with E-state index in [1.54, 1.807) is 0 Å². The van der Waals surface area contributed by atoms with Gasteiger partial charge >= 0.3 is 0 Å². The van der Waals surface area contributed by atoms with Crippen LogP contribution in [0.25, 0.3) is 11.3 Å². The molecule has 4 rings (SSSR count). The quantitative estimate of drug-likeness (QED) is 0.774. The molecule has 1 aliphatic heterocycles. The molecule has 140 valence electrons. The molecular formula is C21H24N4O2. The monoisotopic (exact) mass is 364 g/mol. The van der Waals surface area contributed by atoms with Gasteiger partial charge in [-0.3, -0.25) is 9.48 Å². The van der Waals surface area contributed by atoms with Gasteiger partial charge < -0.3 is 14.6 Å². The molecule has 0 radical (unpaired) electrons. The molecule has 1 aliphatic rings. The van der Waals surface area contributed by atoms with Crippen LogP contribution in [-0.2, 0) is 20.1 Å². The zero-order valence-electron chi connectivity index (χ0n) is 15.7. The lowest BCUT2D eigenvalue weighted by Gasteiger charge is -2.28. The van der Waals surface area contributed by atoms with Gasteiger partial charge in [0.25, 0.3) is 5.91 Å². The Kier molecular flexibility index (Phi) is 4.58. The Morgan fingerprint density at radius 1 is 1.19 bits per heavy atom. The molecule has 1 aromatic carbocycles. The van der Waals surface area contributed by atoms with Crippen LogP contribution in [0.4, 0.5) is 0 Å². The van der Waals surface area contributed by atoms with Crippen molar-refractivity contribution in [3.8, 4) is 11.3 Å². The van der Waals surface area contributed by atoms with Crippen molar-refractivity contribution < 1.29 is 9.90 Å². The lowest BCUT2D eigenvalue weighted by molar-refractivity contribution is 0.0696. The van der Waals surface area contributed by atoms with Gasteiger partial charge in [-0.15, -0.1) is 0 Å². The first-order valence-corrected chi connectivity index (χ1v) is 9.33. The van der Waals surface area contributed by atoms with Crippen molar-refractivity contribution in [3.05, 3.63) is 65.6 Å². The molecule has 1 amide bonds. The molecule has 0 aliphatic carbocycles. The van der Waals surface area contributed by atoms with Crippen molar-refractivity contribution in [2.75, 3.05) is 6.54 Å². The highest BCUT2D eigenvalue weighted by molar-refractivity contribution is 5.94. The number of fused-ring (bicyclic) bond motifs is 1. The number of carbonyl (C=O) groups is 1. The van der Waals surface area contributed by atoms with Gasteiger partial charge in [0.1, 0.15) is 5.69 Å². The van der Waals surface area contributed by atoms with Crippen LogP contribution in [0.5, 0.6) is 0 Å². The van der Waals surface area contributed by atoms with Crippen LogP contribution in [0.3, 0.4) is 0 Å². The minimum atomic E-state index is -0.548. The number of aromatic nitrogens is 3. The topological polar surface area (TPSA) is 63.3 Å². The van der Waals surface area contributed by atoms with E-state index in [1.165, 1.54) is 0 Å². The summed E-state index contributed by atoms with van der Waals surface area (Å²) < 4.78 is 3.86. The van der Waals surface area contributed by atoms with Crippen LogP contribution in [0.1, 0.15) is 41.3 Å². The third kappa shape index (κ3) is 3.17. The summed E-state index contributed by atoms with van der Waals surface area (Å²) in [5.41, 5.74) is 4.44. The molecule has 27 heavy (non-hydrogen) atoms. The van der Waals surface area contributed by atoms with E-state index in [-0.39, 0.29) is 5.91 Å². The van der Waals surface area contributed by atoms with Crippen LogP contribution < -0.4 is 0 Å². The second kappa shape index (κ2) is 7.04. The molecule has 0 saturated carbocycles. The number of aliphatic hydroxyl groups excluding tert-OH is 1. The third-order valence-corrected chi connectivity index (χ3v) is 5.24. The van der Waals surface area contributed by atoms with Crippen LogP contribution >= 0.6 is 0 Å². The van der Waals surface area contributed by atoms with Gasteiger partial charge in [0.05, 0.1) is 30.6 Å². The SMILES string of the molecule is CCC(O)c1cc2n(n1)CCN(C(=O)c1ccc(-c3ccccc3)n1C)C2. The molecule has 0 bridgehead atoms. The maximum Gasteiger partial charge on any atom is 0.270 e. The van der Waals surface area contributed by atoms with E-state index in [0.717, 1.165) is 17.0 Å². The zero-order chi connectivity index (χ0) is 19.0. The van der Waals surface area contributed by atoms with Gasteiger partial charge in [-0.1, -0.05) is 37.3 Å². The van der Waals surface area contributed by atoms with Crippen molar-refractivity contribution in [1.82, 2.24) is 19.2 Å². The molecule has 2 aromatic heterocycles. The highest BCUT2D eigenvalue weighted by atomic mass is 16.3. The molecule has 1 atom stereocenters. The van der Waals surface area contributed by atoms with Gasteiger partial charge in [0, 0.05) is 19.3 Å². The number of carbonyl (C=O) groups excluding carboxylic acids is 1. The normalized spacial score (nSPS) is 14.9. The first-order valence-electron chi connectivity index (χ1n) is 9.33. The lowest BCUT2D eigenvalue weighted by atomic mass is 10.2. The molecule has 0 fully saturated rings. The van der Waals surface area contributed by atoms with Gasteiger partial charge in [-0.2, -0.15) is 5.10 Å². The number of hydrogen-bond donors (Lipinski definition) is 1. The van der Waals surface area contributed by atoms with Crippen molar-refractivity contribution >= 4 is 5.91 Å². The Balaban J connectivity index is 1.56. The molecule has 3 aromatic rings. The number of amides is 1. The van der Waals surface area contributed by atoms with Crippen LogP contribution in [-0.4, -0.2) is 36.8 Å². The predicted octanol–water partition coefficient (Wildman–Crippen LogP) is 2.99. The summed E-state index contributed by atoms with van der Waals surface area (Å²) in [4.78, 5) is 14.9. The van der Waals surface area contributed by atoms with E-state index >= 15 is 0 Å². The maximum absolute atomic E-state index is 13.1. The van der Waals surface area contributed by atoms with Gasteiger partial charge in [0.15, 0.2) is 0 Å². The van der Waals surface area contributed by atoms with E-state index in [9.17, 15) is 9.90 Å². The minimum Gasteiger partial charge on any atom is -0.387 e. The number of rotatable bonds is 4. The number of hydrogen-bond acceptors (Lipinski definition) is 3. The van der Waals surface area contributed by atoms with E-state index in [1.807, 2.05) is 76.7 Å². The van der Waals surface area contributed by atoms with Gasteiger partial charge in [0.2, 0.25) is 0 Å². The Labute approximate surface area is 158 Å². The van der Waals surface area contributed by atoms with Crippen LogP contribution in [0.15, 0.2) is 48.5 Å². The average Bonchev–Trinajstić information content (AvgIpc) is 3.30. The summed E-state index contributed by atoms with van der Waals surface area (Å²) in [5, 5.41) is 14.5. The van der Waals surface area contributed by atoms with Crippen molar-refractivity contribution in [2.24, 2.45) is 7.05 Å². The molecule has 0 spiro atoms. The fourth-order valence-corrected chi connectivity index (χ4v) is 3.62.